The molecule has 0 atom stereocenters. The molecule has 4 nitrogen and oxygen atoms in total. The lowest BCUT2D eigenvalue weighted by Gasteiger charge is -2.06. The summed E-state index contributed by atoms with van der Waals surface area (Å²) in [5.74, 6) is 0.606. The maximum atomic E-state index is 5.20. The first-order valence-corrected chi connectivity index (χ1v) is 3.38. The van der Waals surface area contributed by atoms with Crippen LogP contribution in [0.5, 0.6) is 0 Å². The van der Waals surface area contributed by atoms with E-state index < -0.39 is 0 Å². The Morgan fingerprint density at radius 1 is 1.70 bits per heavy atom. The van der Waals surface area contributed by atoms with Gasteiger partial charge in [0, 0.05) is 13.6 Å². The van der Waals surface area contributed by atoms with Crippen molar-refractivity contribution in [3.8, 4) is 0 Å². The highest BCUT2D eigenvalue weighted by molar-refractivity contribution is 7.80. The maximum absolute atomic E-state index is 5.20. The van der Waals surface area contributed by atoms with Crippen LogP contribution in [-0.4, -0.2) is 24.7 Å². The van der Waals surface area contributed by atoms with Crippen molar-refractivity contribution in [2.24, 2.45) is 10.7 Å². The average molecular weight is 160 g/mol. The van der Waals surface area contributed by atoms with Gasteiger partial charge in [-0.3, -0.25) is 4.99 Å². The van der Waals surface area contributed by atoms with E-state index in [9.17, 15) is 0 Å². The Morgan fingerprint density at radius 2 is 2.30 bits per heavy atom. The van der Waals surface area contributed by atoms with Crippen LogP contribution in [0.2, 0.25) is 0 Å². The van der Waals surface area contributed by atoms with Crippen LogP contribution in [0.25, 0.3) is 0 Å². The van der Waals surface area contributed by atoms with Crippen molar-refractivity contribution in [2.75, 3.05) is 13.6 Å². The molecule has 4 N–H and O–H groups in total. The van der Waals surface area contributed by atoms with Crippen LogP contribution < -0.4 is 16.4 Å². The van der Waals surface area contributed by atoms with Crippen LogP contribution in [0.1, 0.15) is 6.92 Å². The van der Waals surface area contributed by atoms with Gasteiger partial charge in [0.1, 0.15) is 0 Å². The van der Waals surface area contributed by atoms with Gasteiger partial charge in [-0.1, -0.05) is 0 Å². The number of hydrogen-bond acceptors (Lipinski definition) is 2. The lowest BCUT2D eigenvalue weighted by Crippen LogP contribution is -2.43. The summed E-state index contributed by atoms with van der Waals surface area (Å²) in [5.41, 5.74) is 5.20. The van der Waals surface area contributed by atoms with Gasteiger partial charge in [0.15, 0.2) is 11.1 Å². The summed E-state index contributed by atoms with van der Waals surface area (Å²) in [6.07, 6.45) is 0. The smallest absolute Gasteiger partial charge is 0.197 e. The molecular weight excluding hydrogens is 148 g/mol. The Morgan fingerprint density at radius 3 is 2.60 bits per heavy atom. The fourth-order valence-corrected chi connectivity index (χ4v) is 0.560. The first kappa shape index (κ1) is 9.16. The van der Waals surface area contributed by atoms with Crippen molar-refractivity contribution in [3.05, 3.63) is 0 Å². The molecule has 0 bridgehead atoms. The summed E-state index contributed by atoms with van der Waals surface area (Å²) >= 11 is 4.60. The molecule has 0 aliphatic heterocycles. The first-order valence-electron chi connectivity index (χ1n) is 2.97. The van der Waals surface area contributed by atoms with Crippen molar-refractivity contribution in [3.63, 3.8) is 0 Å². The van der Waals surface area contributed by atoms with Gasteiger partial charge in [-0.25, -0.2) is 0 Å². The minimum absolute atomic E-state index is 0.224. The van der Waals surface area contributed by atoms with E-state index in [0.29, 0.717) is 5.96 Å². The first-order chi connectivity index (χ1) is 4.70. The number of guanidine groups is 1. The summed E-state index contributed by atoms with van der Waals surface area (Å²) in [6, 6.07) is 0. The normalized spacial score (nSPS) is 10.8. The monoisotopic (exact) mass is 160 g/mol. The van der Waals surface area contributed by atoms with Crippen molar-refractivity contribution >= 4 is 23.3 Å². The van der Waals surface area contributed by atoms with E-state index >= 15 is 0 Å². The molecule has 0 unspecified atom stereocenters. The molecule has 0 rings (SSSR count). The summed E-state index contributed by atoms with van der Waals surface area (Å²) in [4.78, 5) is 3.84. The van der Waals surface area contributed by atoms with Crippen LogP contribution in [0.15, 0.2) is 4.99 Å². The zero-order valence-corrected chi connectivity index (χ0v) is 6.96. The second-order valence-corrected chi connectivity index (χ2v) is 2.03. The van der Waals surface area contributed by atoms with E-state index in [-0.39, 0.29) is 5.11 Å². The minimum atomic E-state index is 0.224. The molecule has 10 heavy (non-hydrogen) atoms. The number of rotatable bonds is 1. The molecule has 58 valence electrons. The number of thiocarbonyl (C=S) groups is 1. The number of aliphatic imine (C=N–C) groups is 1. The fraction of sp³-hybridized carbons (Fsp3) is 0.600. The Balaban J connectivity index is 3.73. The standard InChI is InChI=1S/C5H12N4S/c1-3-8-5(7-2)9-4(6)10/h3H2,1-2H3,(H4,6,7,8,9,10). The predicted molar refractivity (Wildman–Crippen MR) is 47.0 cm³/mol. The Hall–Kier alpha value is -0.840. The van der Waals surface area contributed by atoms with Gasteiger partial charge in [-0.15, -0.1) is 0 Å². The maximum Gasteiger partial charge on any atom is 0.197 e. The second-order valence-electron chi connectivity index (χ2n) is 1.59. The fourth-order valence-electron chi connectivity index (χ4n) is 0.463. The number of nitrogens with two attached hydrogens (primary N) is 1. The van der Waals surface area contributed by atoms with E-state index in [1.54, 1.807) is 7.05 Å². The van der Waals surface area contributed by atoms with Crippen molar-refractivity contribution in [2.45, 2.75) is 6.92 Å². The van der Waals surface area contributed by atoms with Crippen LogP contribution in [0.3, 0.4) is 0 Å². The SMILES string of the molecule is CCNC(=NC)NC(N)=S. The highest BCUT2D eigenvalue weighted by atomic mass is 32.1. The molecule has 0 saturated heterocycles. The summed E-state index contributed by atoms with van der Waals surface area (Å²) < 4.78 is 0. The van der Waals surface area contributed by atoms with Crippen molar-refractivity contribution < 1.29 is 0 Å². The number of nitrogens with zero attached hydrogens (tertiary/aromatic N) is 1. The third-order valence-electron chi connectivity index (χ3n) is 0.809. The van der Waals surface area contributed by atoms with E-state index in [1.165, 1.54) is 0 Å². The van der Waals surface area contributed by atoms with Crippen molar-refractivity contribution in [1.82, 2.24) is 10.6 Å². The highest BCUT2D eigenvalue weighted by Crippen LogP contribution is 1.65. The van der Waals surface area contributed by atoms with E-state index in [4.69, 9.17) is 5.73 Å². The quantitative estimate of drug-likeness (QED) is 0.273. The Bertz CT molecular complexity index is 143. The van der Waals surface area contributed by atoms with Gasteiger partial charge in [0.25, 0.3) is 0 Å². The minimum Gasteiger partial charge on any atom is -0.376 e. The molecule has 5 heteroatoms. The molecule has 0 fully saturated rings. The molecule has 0 saturated carbocycles. The van der Waals surface area contributed by atoms with Gasteiger partial charge in [0.2, 0.25) is 0 Å². The largest absolute Gasteiger partial charge is 0.376 e. The van der Waals surface area contributed by atoms with Gasteiger partial charge >= 0.3 is 0 Å². The van der Waals surface area contributed by atoms with Gasteiger partial charge < -0.3 is 16.4 Å². The third-order valence-corrected chi connectivity index (χ3v) is 0.911. The summed E-state index contributed by atoms with van der Waals surface area (Å²) in [7, 11) is 1.66. The Labute approximate surface area is 65.9 Å². The zero-order chi connectivity index (χ0) is 7.98. The molecule has 0 heterocycles. The van der Waals surface area contributed by atoms with Gasteiger partial charge in [-0.2, -0.15) is 0 Å². The molecule has 0 aromatic heterocycles. The molecule has 0 aromatic carbocycles. The second kappa shape index (κ2) is 4.99. The number of nitrogens with one attached hydrogen (secondary N) is 2. The van der Waals surface area contributed by atoms with Gasteiger partial charge in [-0.05, 0) is 19.1 Å². The molecule has 0 spiro atoms. The van der Waals surface area contributed by atoms with Crippen LogP contribution in [0.4, 0.5) is 0 Å². The topological polar surface area (TPSA) is 62.4 Å². The molecule has 0 radical (unpaired) electrons. The third kappa shape index (κ3) is 4.08. The molecule has 0 aromatic rings. The van der Waals surface area contributed by atoms with Crippen LogP contribution in [0, 0.1) is 0 Å². The molecule has 0 amide bonds. The lowest BCUT2D eigenvalue weighted by atomic mass is 10.7. The van der Waals surface area contributed by atoms with Crippen molar-refractivity contribution in [1.29, 1.82) is 0 Å². The van der Waals surface area contributed by atoms with E-state index in [0.717, 1.165) is 6.54 Å². The van der Waals surface area contributed by atoms with Crippen LogP contribution in [-0.2, 0) is 0 Å². The molecule has 0 aliphatic carbocycles. The van der Waals surface area contributed by atoms with E-state index in [1.807, 2.05) is 6.92 Å². The van der Waals surface area contributed by atoms with Gasteiger partial charge in [0.05, 0.1) is 0 Å². The lowest BCUT2D eigenvalue weighted by molar-refractivity contribution is 0.930. The molecular formula is C5H12N4S. The number of hydrogen-bond donors (Lipinski definition) is 3. The zero-order valence-electron chi connectivity index (χ0n) is 6.14. The average Bonchev–Trinajstić information content (AvgIpc) is 1.86. The Kier molecular flexibility index (Phi) is 4.57. The summed E-state index contributed by atoms with van der Waals surface area (Å²) in [6.45, 7) is 2.76. The van der Waals surface area contributed by atoms with E-state index in [2.05, 4.69) is 27.8 Å². The van der Waals surface area contributed by atoms with Crippen LogP contribution >= 0.6 is 12.2 Å². The highest BCUT2D eigenvalue weighted by Gasteiger charge is 1.93. The molecule has 0 aliphatic rings. The predicted octanol–water partition coefficient (Wildman–Crippen LogP) is -0.585. The summed E-state index contributed by atoms with van der Waals surface area (Å²) in [5, 5.41) is 5.84.